The van der Waals surface area contributed by atoms with Crippen molar-refractivity contribution in [2.75, 3.05) is 24.5 Å². The van der Waals surface area contributed by atoms with E-state index < -0.39 is 0 Å². The van der Waals surface area contributed by atoms with Crippen molar-refractivity contribution in [1.82, 2.24) is 4.57 Å². The van der Waals surface area contributed by atoms with Gasteiger partial charge >= 0.3 is 0 Å². The molecule has 7 heterocycles. The second-order valence-electron chi connectivity index (χ2n) is 27.0. The maximum Gasteiger partial charge on any atom is 0.252 e. The number of rotatable bonds is 9. The van der Waals surface area contributed by atoms with Crippen LogP contribution in [0.1, 0.15) is 0 Å². The second-order valence-corrected chi connectivity index (χ2v) is 27.0. The van der Waals surface area contributed by atoms with E-state index in [1.165, 1.54) is 139 Å². The molecule has 0 amide bonds. The number of nitrogens with zero attached hydrogens (tertiary/aromatic N) is 6. The molecule has 0 saturated carbocycles. The van der Waals surface area contributed by atoms with Gasteiger partial charge in [0.2, 0.25) is 0 Å². The van der Waals surface area contributed by atoms with Crippen LogP contribution in [0.25, 0.3) is 49.7 Å². The molecule has 6 aliphatic rings. The Bertz CT molecular complexity index is 5950. The fourth-order valence-corrected chi connectivity index (χ4v) is 18.2. The molecule has 6 aliphatic heterocycles. The third-order valence-electron chi connectivity index (χ3n) is 22.0. The average molecular weight is 1250 g/mol. The molecule has 0 radical (unpaired) electrons. The average Bonchev–Trinajstić information content (AvgIpc) is 1.34. The molecule has 0 N–H and O–H groups in total. The molecular formula is C90H57B3N6. The lowest BCUT2D eigenvalue weighted by Gasteiger charge is -2.53. The highest BCUT2D eigenvalue weighted by Crippen LogP contribution is 2.53. The first-order valence-corrected chi connectivity index (χ1v) is 34.5. The van der Waals surface area contributed by atoms with E-state index in [-0.39, 0.29) is 20.1 Å². The van der Waals surface area contributed by atoms with Gasteiger partial charge in [-0.1, -0.05) is 237 Å². The van der Waals surface area contributed by atoms with Gasteiger partial charge in [-0.15, -0.1) is 0 Å². The molecule has 15 aromatic carbocycles. The number of fused-ring (bicyclic) bond motifs is 17. The topological polar surface area (TPSA) is 21.1 Å². The molecule has 0 unspecified atom stereocenters. The van der Waals surface area contributed by atoms with E-state index in [4.69, 9.17) is 0 Å². The zero-order valence-corrected chi connectivity index (χ0v) is 53.8. The molecule has 99 heavy (non-hydrogen) atoms. The Morgan fingerprint density at radius 3 is 1.15 bits per heavy atom. The van der Waals surface area contributed by atoms with Gasteiger partial charge in [-0.05, 0) is 181 Å². The minimum Gasteiger partial charge on any atom is -0.312 e. The number of aromatic nitrogens is 1. The van der Waals surface area contributed by atoms with Crippen molar-refractivity contribution in [3.8, 4) is 27.9 Å². The highest BCUT2D eigenvalue weighted by Gasteiger charge is 2.55. The summed E-state index contributed by atoms with van der Waals surface area (Å²) in [6.45, 7) is -0.513. The summed E-state index contributed by atoms with van der Waals surface area (Å²) in [5.41, 5.74) is 37.3. The number of para-hydroxylation sites is 8. The number of hydrogen-bond acceptors (Lipinski definition) is 5. The third-order valence-corrected chi connectivity index (χ3v) is 22.0. The van der Waals surface area contributed by atoms with Gasteiger partial charge in [-0.3, -0.25) is 0 Å². The zero-order valence-electron chi connectivity index (χ0n) is 53.8. The van der Waals surface area contributed by atoms with Crippen LogP contribution in [0.3, 0.4) is 0 Å². The lowest BCUT2D eigenvalue weighted by molar-refractivity contribution is 1.16. The SMILES string of the molecule is c1ccc(-c2ccc3c(c2)N2c4cc(N(c5ccccc5)c5ccccc5)cc5c4B(c4ccccc4N5c4ccccc4)c4cc5c6c(c42)B3c2ccc(-c3ccccc3)cc2N6c2cc(N(c3ccccc3)c3ccccc3)cc3c2B5c2cccc4c5ccccc5n-3c24)cc1. The van der Waals surface area contributed by atoms with Gasteiger partial charge in [0, 0.05) is 95.9 Å². The van der Waals surface area contributed by atoms with Crippen LogP contribution in [0.15, 0.2) is 346 Å². The van der Waals surface area contributed by atoms with Crippen molar-refractivity contribution in [1.29, 1.82) is 0 Å². The summed E-state index contributed by atoms with van der Waals surface area (Å²) in [5.74, 6) is 0. The molecule has 0 spiro atoms. The van der Waals surface area contributed by atoms with Gasteiger partial charge < -0.3 is 29.1 Å². The first kappa shape index (κ1) is 54.5. The van der Waals surface area contributed by atoms with Crippen LogP contribution < -0.4 is 73.7 Å². The van der Waals surface area contributed by atoms with E-state index in [0.29, 0.717) is 0 Å². The summed E-state index contributed by atoms with van der Waals surface area (Å²) in [7, 11) is 0. The van der Waals surface area contributed by atoms with Gasteiger partial charge in [-0.2, -0.15) is 0 Å². The van der Waals surface area contributed by atoms with Crippen LogP contribution in [0.2, 0.25) is 0 Å². The van der Waals surface area contributed by atoms with E-state index in [0.717, 1.165) is 45.5 Å². The predicted octanol–water partition coefficient (Wildman–Crippen LogP) is 16.9. The Balaban J connectivity index is 0.920. The summed E-state index contributed by atoms with van der Waals surface area (Å²) in [6.07, 6.45) is 0. The van der Waals surface area contributed by atoms with Crippen molar-refractivity contribution in [2.24, 2.45) is 0 Å². The smallest absolute Gasteiger partial charge is 0.252 e. The Hall–Kier alpha value is -12.7. The summed E-state index contributed by atoms with van der Waals surface area (Å²) < 4.78 is 2.63. The minimum atomic E-state index is -0.177. The molecule has 0 aliphatic carbocycles. The Morgan fingerprint density at radius 2 is 0.616 bits per heavy atom. The van der Waals surface area contributed by atoms with Crippen LogP contribution in [0, 0.1) is 0 Å². The zero-order chi connectivity index (χ0) is 64.6. The van der Waals surface area contributed by atoms with Gasteiger partial charge in [0.15, 0.2) is 0 Å². The lowest BCUT2D eigenvalue weighted by atomic mass is 9.26. The van der Waals surface area contributed by atoms with Crippen molar-refractivity contribution >= 4 is 176 Å². The maximum atomic E-state index is 2.75. The van der Waals surface area contributed by atoms with Crippen molar-refractivity contribution in [2.45, 2.75) is 0 Å². The second kappa shape index (κ2) is 20.9. The Labute approximate surface area is 575 Å². The molecular weight excluding hydrogens is 1200 g/mol. The highest BCUT2D eigenvalue weighted by molar-refractivity contribution is 7.07. The molecule has 456 valence electrons. The lowest BCUT2D eigenvalue weighted by Crippen LogP contribution is -2.72. The molecule has 1 aromatic heterocycles. The first-order valence-electron chi connectivity index (χ1n) is 34.5. The maximum absolute atomic E-state index is 2.75. The predicted molar refractivity (Wildman–Crippen MR) is 419 cm³/mol. The fraction of sp³-hybridized carbons (Fsp3) is 0. The van der Waals surface area contributed by atoms with Crippen LogP contribution in [0.5, 0.6) is 0 Å². The highest BCUT2D eigenvalue weighted by atomic mass is 15.2. The Morgan fingerprint density at radius 1 is 0.222 bits per heavy atom. The van der Waals surface area contributed by atoms with Crippen LogP contribution in [0.4, 0.5) is 85.3 Å². The third kappa shape index (κ3) is 7.70. The van der Waals surface area contributed by atoms with E-state index in [9.17, 15) is 0 Å². The van der Waals surface area contributed by atoms with Gasteiger partial charge in [0.05, 0.1) is 16.9 Å². The minimum absolute atomic E-state index is 0.165. The molecule has 6 nitrogen and oxygen atoms in total. The van der Waals surface area contributed by atoms with Crippen LogP contribution >= 0.6 is 0 Å². The molecule has 16 aromatic rings. The van der Waals surface area contributed by atoms with Crippen LogP contribution in [-0.4, -0.2) is 24.7 Å². The molecule has 0 fully saturated rings. The van der Waals surface area contributed by atoms with Gasteiger partial charge in [0.25, 0.3) is 20.1 Å². The van der Waals surface area contributed by atoms with E-state index in [2.05, 4.69) is 375 Å². The molecule has 0 bridgehead atoms. The van der Waals surface area contributed by atoms with Crippen molar-refractivity contribution in [3.63, 3.8) is 0 Å². The summed E-state index contributed by atoms with van der Waals surface area (Å²) in [4.78, 5) is 13.0. The van der Waals surface area contributed by atoms with Gasteiger partial charge in [0.1, 0.15) is 0 Å². The summed E-state index contributed by atoms with van der Waals surface area (Å²) in [5, 5.41) is 2.52. The first-order chi connectivity index (χ1) is 49.2. The van der Waals surface area contributed by atoms with E-state index in [1.54, 1.807) is 0 Å². The molecule has 0 saturated heterocycles. The van der Waals surface area contributed by atoms with Crippen molar-refractivity contribution in [3.05, 3.63) is 346 Å². The standard InChI is InChI=1S/C90H57B3N6/c1-8-27-58(28-9-1)60-47-49-72-79(51-60)98-83-55-67(94(62-31-12-3-13-32-62)63-33-14-4-15-34-63)53-81-85(83)92(71-43-23-25-46-78(71)96(81)66-39-20-7-21-40-66)75-57-76-90-87(89(75)98)91(72)73-50-48-61(59-29-10-2-11-30-59)52-80(73)99(90)84-56-68(95(64-35-16-5-17-36-64)65-37-18-6-19-38-65)54-82-86(84)93(76)74-44-26-42-70-69-41-22-24-45-77(69)97(82)88(70)74/h1-57H. The van der Waals surface area contributed by atoms with E-state index in [1.807, 2.05) is 0 Å². The Kier molecular flexibility index (Phi) is 11.5. The monoisotopic (exact) mass is 1250 g/mol. The summed E-state index contributed by atoms with van der Waals surface area (Å²) in [6, 6.07) is 130. The van der Waals surface area contributed by atoms with Crippen molar-refractivity contribution < 1.29 is 0 Å². The van der Waals surface area contributed by atoms with E-state index >= 15 is 0 Å². The molecule has 0 atom stereocenters. The number of benzene rings is 15. The normalized spacial score (nSPS) is 13.3. The van der Waals surface area contributed by atoms with Gasteiger partial charge in [-0.25, -0.2) is 0 Å². The number of anilines is 15. The van der Waals surface area contributed by atoms with Crippen LogP contribution in [-0.2, 0) is 0 Å². The fourth-order valence-electron chi connectivity index (χ4n) is 18.2. The number of hydrogen-bond donors (Lipinski definition) is 0. The molecule has 9 heteroatoms. The largest absolute Gasteiger partial charge is 0.312 e. The quantitative estimate of drug-likeness (QED) is 0.134. The molecule has 22 rings (SSSR count). The summed E-state index contributed by atoms with van der Waals surface area (Å²) >= 11 is 0.